The third kappa shape index (κ3) is 5.29. The smallest absolute Gasteiger partial charge is 0.119 e. The second kappa shape index (κ2) is 8.18. The van der Waals surface area contributed by atoms with Crippen LogP contribution in [0.5, 0.6) is 5.75 Å². The fourth-order valence-corrected chi connectivity index (χ4v) is 1.89. The fourth-order valence-electron chi connectivity index (χ4n) is 1.89. The molecular weight excluding hydrogens is 246 g/mol. The molecule has 0 atom stereocenters. The predicted octanol–water partition coefficient (Wildman–Crippen LogP) is 3.68. The van der Waals surface area contributed by atoms with Gasteiger partial charge in [0, 0.05) is 13.1 Å². The van der Waals surface area contributed by atoms with E-state index in [1.165, 1.54) is 11.1 Å². The summed E-state index contributed by atoms with van der Waals surface area (Å²) in [4.78, 5) is 0. The quantitative estimate of drug-likeness (QED) is 0.773. The molecule has 0 saturated carbocycles. The highest BCUT2D eigenvalue weighted by atomic mass is 16.5. The van der Waals surface area contributed by atoms with Crippen LogP contribution in [0.2, 0.25) is 0 Å². The van der Waals surface area contributed by atoms with Crippen LogP contribution in [-0.2, 0) is 0 Å². The Kier molecular flexibility index (Phi) is 5.87. The Morgan fingerprint density at radius 2 is 1.90 bits per heavy atom. The van der Waals surface area contributed by atoms with Crippen molar-refractivity contribution >= 4 is 6.08 Å². The molecule has 0 heterocycles. The van der Waals surface area contributed by atoms with Crippen LogP contribution >= 0.6 is 0 Å². The number of benzene rings is 2. The van der Waals surface area contributed by atoms with E-state index in [9.17, 15) is 0 Å². The van der Waals surface area contributed by atoms with Crippen LogP contribution in [0.3, 0.4) is 0 Å². The largest absolute Gasteiger partial charge is 0.492 e. The van der Waals surface area contributed by atoms with Gasteiger partial charge in [0.25, 0.3) is 0 Å². The summed E-state index contributed by atoms with van der Waals surface area (Å²) in [5, 5.41) is 3.33. The molecule has 0 spiro atoms. The number of hydrogen-bond acceptors (Lipinski definition) is 2. The number of rotatable bonds is 7. The van der Waals surface area contributed by atoms with E-state index in [1.54, 1.807) is 0 Å². The van der Waals surface area contributed by atoms with Gasteiger partial charge in [-0.15, -0.1) is 0 Å². The van der Waals surface area contributed by atoms with Crippen molar-refractivity contribution in [3.8, 4) is 5.75 Å². The first-order valence-corrected chi connectivity index (χ1v) is 6.96. The van der Waals surface area contributed by atoms with Gasteiger partial charge in [-0.2, -0.15) is 0 Å². The van der Waals surface area contributed by atoms with Crippen LogP contribution in [0.4, 0.5) is 0 Å². The zero-order valence-electron chi connectivity index (χ0n) is 11.9. The maximum atomic E-state index is 5.67. The number of hydrogen-bond donors (Lipinski definition) is 1. The number of aryl methyl sites for hydroxylation is 1. The van der Waals surface area contributed by atoms with Gasteiger partial charge in [-0.3, -0.25) is 0 Å². The van der Waals surface area contributed by atoms with E-state index in [2.05, 4.69) is 48.7 Å². The summed E-state index contributed by atoms with van der Waals surface area (Å²) >= 11 is 0. The highest BCUT2D eigenvalue weighted by Crippen LogP contribution is 2.11. The zero-order chi connectivity index (χ0) is 14.0. The summed E-state index contributed by atoms with van der Waals surface area (Å²) < 4.78 is 5.67. The monoisotopic (exact) mass is 267 g/mol. The average molecular weight is 267 g/mol. The van der Waals surface area contributed by atoms with E-state index < -0.39 is 0 Å². The molecule has 2 nitrogen and oxygen atoms in total. The van der Waals surface area contributed by atoms with Gasteiger partial charge < -0.3 is 10.1 Å². The van der Waals surface area contributed by atoms with Crippen LogP contribution in [0.25, 0.3) is 6.08 Å². The Labute approximate surface area is 121 Å². The van der Waals surface area contributed by atoms with Crippen molar-refractivity contribution in [2.75, 3.05) is 19.7 Å². The van der Waals surface area contributed by atoms with Crippen LogP contribution in [0, 0.1) is 6.92 Å². The van der Waals surface area contributed by atoms with Gasteiger partial charge in [0.05, 0.1) is 0 Å². The SMILES string of the molecule is Cc1cccc(OCCNCC=Cc2ccccc2)c1. The lowest BCUT2D eigenvalue weighted by Crippen LogP contribution is -2.20. The number of nitrogens with one attached hydrogen (secondary N) is 1. The maximum absolute atomic E-state index is 5.67. The van der Waals surface area contributed by atoms with E-state index in [4.69, 9.17) is 4.74 Å². The van der Waals surface area contributed by atoms with Crippen LogP contribution in [0.1, 0.15) is 11.1 Å². The first kappa shape index (κ1) is 14.4. The minimum Gasteiger partial charge on any atom is -0.492 e. The van der Waals surface area contributed by atoms with Crippen molar-refractivity contribution in [2.45, 2.75) is 6.92 Å². The van der Waals surface area contributed by atoms with E-state index >= 15 is 0 Å². The molecule has 2 heteroatoms. The Morgan fingerprint density at radius 3 is 2.70 bits per heavy atom. The highest BCUT2D eigenvalue weighted by Gasteiger charge is 1.92. The molecule has 2 aromatic carbocycles. The lowest BCUT2D eigenvalue weighted by atomic mass is 10.2. The molecule has 0 amide bonds. The lowest BCUT2D eigenvalue weighted by molar-refractivity contribution is 0.316. The summed E-state index contributed by atoms with van der Waals surface area (Å²) in [6.07, 6.45) is 4.25. The minimum atomic E-state index is 0.683. The first-order chi connectivity index (χ1) is 9.84. The summed E-state index contributed by atoms with van der Waals surface area (Å²) in [5.74, 6) is 0.937. The molecule has 0 aliphatic rings. The second-order valence-electron chi connectivity index (χ2n) is 4.68. The molecule has 20 heavy (non-hydrogen) atoms. The zero-order valence-corrected chi connectivity index (χ0v) is 11.9. The molecule has 0 aliphatic heterocycles. The van der Waals surface area contributed by atoms with Crippen LogP contribution in [-0.4, -0.2) is 19.7 Å². The molecule has 0 radical (unpaired) electrons. The molecule has 104 valence electrons. The average Bonchev–Trinajstić information content (AvgIpc) is 2.47. The summed E-state index contributed by atoms with van der Waals surface area (Å²) in [6, 6.07) is 18.4. The molecule has 0 saturated heterocycles. The third-order valence-electron chi connectivity index (χ3n) is 2.91. The predicted molar refractivity (Wildman–Crippen MR) is 85.0 cm³/mol. The van der Waals surface area contributed by atoms with Crippen molar-refractivity contribution in [1.29, 1.82) is 0 Å². The molecule has 2 aromatic rings. The first-order valence-electron chi connectivity index (χ1n) is 6.96. The van der Waals surface area contributed by atoms with E-state index in [0.717, 1.165) is 18.8 Å². The number of ether oxygens (including phenoxy) is 1. The minimum absolute atomic E-state index is 0.683. The van der Waals surface area contributed by atoms with Crippen molar-refractivity contribution in [1.82, 2.24) is 5.32 Å². The van der Waals surface area contributed by atoms with Crippen molar-refractivity contribution in [3.05, 3.63) is 71.8 Å². The highest BCUT2D eigenvalue weighted by molar-refractivity contribution is 5.48. The topological polar surface area (TPSA) is 21.3 Å². The molecule has 0 aromatic heterocycles. The molecule has 0 aliphatic carbocycles. The van der Waals surface area contributed by atoms with Gasteiger partial charge in [-0.05, 0) is 30.2 Å². The summed E-state index contributed by atoms with van der Waals surface area (Å²) in [6.45, 7) is 4.45. The van der Waals surface area contributed by atoms with Crippen molar-refractivity contribution in [2.24, 2.45) is 0 Å². The lowest BCUT2D eigenvalue weighted by Gasteiger charge is -2.06. The normalized spacial score (nSPS) is 10.8. The van der Waals surface area contributed by atoms with E-state index in [0.29, 0.717) is 6.61 Å². The van der Waals surface area contributed by atoms with Gasteiger partial charge >= 0.3 is 0 Å². The fraction of sp³-hybridized carbons (Fsp3) is 0.222. The Balaban J connectivity index is 1.59. The molecule has 0 bridgehead atoms. The summed E-state index contributed by atoms with van der Waals surface area (Å²) in [5.41, 5.74) is 2.45. The Bertz CT molecular complexity index is 534. The summed E-state index contributed by atoms with van der Waals surface area (Å²) in [7, 11) is 0. The maximum Gasteiger partial charge on any atom is 0.119 e. The molecule has 0 unspecified atom stereocenters. The van der Waals surface area contributed by atoms with Gasteiger partial charge in [0.1, 0.15) is 12.4 Å². The van der Waals surface area contributed by atoms with E-state index in [1.807, 2.05) is 30.3 Å². The molecule has 0 fully saturated rings. The van der Waals surface area contributed by atoms with Crippen molar-refractivity contribution in [3.63, 3.8) is 0 Å². The van der Waals surface area contributed by atoms with Crippen LogP contribution < -0.4 is 10.1 Å². The van der Waals surface area contributed by atoms with Gasteiger partial charge in [0.2, 0.25) is 0 Å². The Hall–Kier alpha value is -2.06. The second-order valence-corrected chi connectivity index (χ2v) is 4.68. The molecule has 1 N–H and O–H groups in total. The van der Waals surface area contributed by atoms with Gasteiger partial charge in [0.15, 0.2) is 0 Å². The van der Waals surface area contributed by atoms with E-state index in [-0.39, 0.29) is 0 Å². The van der Waals surface area contributed by atoms with Gasteiger partial charge in [-0.1, -0.05) is 54.6 Å². The molecular formula is C18H21NO. The van der Waals surface area contributed by atoms with Gasteiger partial charge in [-0.25, -0.2) is 0 Å². The standard InChI is InChI=1S/C18H21NO/c1-16-7-5-11-18(15-16)20-14-13-19-12-6-10-17-8-3-2-4-9-17/h2-11,15,19H,12-14H2,1H3. The third-order valence-corrected chi connectivity index (χ3v) is 2.91. The van der Waals surface area contributed by atoms with Crippen molar-refractivity contribution < 1.29 is 4.74 Å². The van der Waals surface area contributed by atoms with Crippen LogP contribution in [0.15, 0.2) is 60.7 Å². The Morgan fingerprint density at radius 1 is 1.05 bits per heavy atom. The molecule has 2 rings (SSSR count).